The van der Waals surface area contributed by atoms with Gasteiger partial charge in [0.25, 0.3) is 0 Å². The molecule has 0 radical (unpaired) electrons. The molecule has 3 aliphatic heterocycles. The average molecular weight is 748 g/mol. The molecule has 1 amide bonds. The highest BCUT2D eigenvalue weighted by molar-refractivity contribution is 8.76. The first-order valence-corrected chi connectivity index (χ1v) is 20.3. The van der Waals surface area contributed by atoms with E-state index in [9.17, 15) is 24.6 Å². The average Bonchev–Trinajstić information content (AvgIpc) is 3.47. The lowest BCUT2D eigenvalue weighted by atomic mass is 9.61. The van der Waals surface area contributed by atoms with E-state index in [1.165, 1.54) is 0 Å². The molecule has 1 aromatic carbocycles. The van der Waals surface area contributed by atoms with Crippen LogP contribution >= 0.6 is 21.6 Å². The molecule has 4 aliphatic rings. The molecule has 0 saturated carbocycles. The number of carbonyl (C=O) groups excluding carboxylic acids is 2. The zero-order valence-corrected chi connectivity index (χ0v) is 31.3. The van der Waals surface area contributed by atoms with Crippen LogP contribution in [-0.4, -0.2) is 80.5 Å². The van der Waals surface area contributed by atoms with Crippen LogP contribution in [0.4, 0.5) is 5.82 Å². The third-order valence-electron chi connectivity index (χ3n) is 11.3. The van der Waals surface area contributed by atoms with E-state index in [2.05, 4.69) is 11.1 Å². The Morgan fingerprint density at radius 1 is 1.21 bits per heavy atom. The minimum atomic E-state index is -1.19. The highest BCUT2D eigenvalue weighted by atomic mass is 33.1. The molecular formula is C39H45N3O8S2. The number of fused-ring (bicyclic) bond motifs is 7. The highest BCUT2D eigenvalue weighted by Gasteiger charge is 2.64. The number of allylic oxidation sites excluding steroid dienone is 1. The summed E-state index contributed by atoms with van der Waals surface area (Å²) in [7, 11) is 3.51. The fraction of sp³-hybridized carbons (Fsp3) is 0.487. The van der Waals surface area contributed by atoms with Crippen molar-refractivity contribution in [1.29, 1.82) is 0 Å². The number of nitrogens with zero attached hydrogens (tertiary/aromatic N) is 2. The van der Waals surface area contributed by atoms with Crippen LogP contribution in [0.2, 0.25) is 0 Å². The predicted octanol–water partition coefficient (Wildman–Crippen LogP) is 4.90. The lowest BCUT2D eigenvalue weighted by Crippen LogP contribution is -2.63. The van der Waals surface area contributed by atoms with Crippen molar-refractivity contribution in [2.75, 3.05) is 37.0 Å². The van der Waals surface area contributed by atoms with E-state index in [1.54, 1.807) is 59.8 Å². The molecule has 7 rings (SSSR count). The van der Waals surface area contributed by atoms with Crippen LogP contribution in [0.1, 0.15) is 68.2 Å². The SMILES string of the molecule is CC=C(C)C(=O)OC1(C)CC=C2CSSCC3CCN3C(=O)Cc3cnc(N)cc3C2C12Cc1cc3cc(CC(CO)CCO)c(=O)oc3cc1O2. The van der Waals surface area contributed by atoms with Gasteiger partial charge >= 0.3 is 11.6 Å². The fourth-order valence-electron chi connectivity index (χ4n) is 8.06. The number of hydrogen-bond acceptors (Lipinski definition) is 12. The summed E-state index contributed by atoms with van der Waals surface area (Å²) in [6.45, 7) is 5.90. The van der Waals surface area contributed by atoms with Crippen molar-refractivity contribution in [3.8, 4) is 5.75 Å². The topological polar surface area (TPSA) is 165 Å². The van der Waals surface area contributed by atoms with Crippen molar-refractivity contribution >= 4 is 50.3 Å². The number of benzene rings is 1. The van der Waals surface area contributed by atoms with Gasteiger partial charge in [-0.15, -0.1) is 0 Å². The normalized spacial score (nSPS) is 26.5. The number of amides is 1. The Labute approximate surface area is 310 Å². The summed E-state index contributed by atoms with van der Waals surface area (Å²) in [6.07, 6.45) is 8.07. The molecule has 276 valence electrons. The molecule has 1 fully saturated rings. The van der Waals surface area contributed by atoms with Gasteiger partial charge in [0.2, 0.25) is 5.91 Å². The Bertz CT molecular complexity index is 2030. The summed E-state index contributed by atoms with van der Waals surface area (Å²) in [5.74, 6) is 1.16. The van der Waals surface area contributed by atoms with Crippen molar-refractivity contribution in [3.63, 3.8) is 0 Å². The van der Waals surface area contributed by atoms with Gasteiger partial charge < -0.3 is 34.7 Å². The van der Waals surface area contributed by atoms with Crippen LogP contribution in [-0.2, 0) is 33.6 Å². The van der Waals surface area contributed by atoms with Gasteiger partial charge in [-0.25, -0.2) is 14.6 Å². The smallest absolute Gasteiger partial charge is 0.339 e. The maximum atomic E-state index is 13.8. The van der Waals surface area contributed by atoms with E-state index in [-0.39, 0.29) is 43.9 Å². The van der Waals surface area contributed by atoms with E-state index in [0.29, 0.717) is 58.7 Å². The fourth-order valence-corrected chi connectivity index (χ4v) is 10.6. The van der Waals surface area contributed by atoms with Gasteiger partial charge in [0, 0.05) is 78.9 Å². The molecule has 2 aromatic heterocycles. The van der Waals surface area contributed by atoms with E-state index in [1.807, 2.05) is 24.0 Å². The third kappa shape index (κ3) is 6.54. The molecule has 5 heterocycles. The van der Waals surface area contributed by atoms with Crippen LogP contribution in [0.25, 0.3) is 11.0 Å². The second-order valence-electron chi connectivity index (χ2n) is 14.6. The number of aliphatic hydroxyl groups is 2. The molecule has 13 heteroatoms. The van der Waals surface area contributed by atoms with Crippen molar-refractivity contribution in [3.05, 3.63) is 86.4 Å². The quantitative estimate of drug-likeness (QED) is 0.0987. The van der Waals surface area contributed by atoms with Crippen molar-refractivity contribution in [1.82, 2.24) is 9.88 Å². The maximum absolute atomic E-state index is 13.8. The van der Waals surface area contributed by atoms with Crippen LogP contribution in [0, 0.1) is 5.92 Å². The van der Waals surface area contributed by atoms with Crippen molar-refractivity contribution < 1.29 is 33.7 Å². The van der Waals surface area contributed by atoms with Gasteiger partial charge in [-0.3, -0.25) is 4.79 Å². The largest absolute Gasteiger partial charge is 0.481 e. The first kappa shape index (κ1) is 36.6. The number of rotatable bonds is 7. The number of carbonyl (C=O) groups is 2. The molecule has 1 aliphatic carbocycles. The Hall–Kier alpha value is -3.78. The number of ether oxygens (including phenoxy) is 2. The minimum absolute atomic E-state index is 0.0404. The Balaban J connectivity index is 1.39. The summed E-state index contributed by atoms with van der Waals surface area (Å²) in [4.78, 5) is 46.9. The molecule has 4 N–H and O–H groups in total. The second kappa shape index (κ2) is 14.6. The van der Waals surface area contributed by atoms with Crippen LogP contribution in [0.15, 0.2) is 63.0 Å². The van der Waals surface area contributed by atoms with Crippen molar-refractivity contribution in [2.24, 2.45) is 5.92 Å². The predicted molar refractivity (Wildman–Crippen MR) is 202 cm³/mol. The number of anilines is 1. The number of aromatic nitrogens is 1. The number of hydrogen-bond donors (Lipinski definition) is 3. The van der Waals surface area contributed by atoms with Gasteiger partial charge in [-0.2, -0.15) is 0 Å². The molecule has 1 spiro atoms. The standard InChI is InChI=1S/C39H45N3O8S2/c1-4-22(2)36(46)50-38(3)8-5-24-20-51-52-21-29-6-9-42(29)34(45)14-28-18-41-33(40)15-30(28)35(24)39(38)17-27-13-25-12-26(11-23(19-44)7-10-43)37(47)48-31(25)16-32(27)49-39/h4-5,12-13,15-16,18,23,29,35,43-44H,6-11,14,17,19-21H2,1-3H3,(H2,40,41). The molecule has 5 atom stereocenters. The van der Waals surface area contributed by atoms with Gasteiger partial charge in [0.05, 0.1) is 12.3 Å². The van der Waals surface area contributed by atoms with Gasteiger partial charge in [-0.05, 0) is 80.8 Å². The van der Waals surface area contributed by atoms with Gasteiger partial charge in [0.1, 0.15) is 17.2 Å². The summed E-state index contributed by atoms with van der Waals surface area (Å²) >= 11 is 0. The zero-order valence-electron chi connectivity index (χ0n) is 29.7. The van der Waals surface area contributed by atoms with Crippen molar-refractivity contribution in [2.45, 2.75) is 82.5 Å². The molecule has 1 saturated heterocycles. The summed E-state index contributed by atoms with van der Waals surface area (Å²) < 4.78 is 19.5. The molecule has 11 nitrogen and oxygen atoms in total. The molecule has 0 bridgehead atoms. The summed E-state index contributed by atoms with van der Waals surface area (Å²) in [5, 5.41) is 20.0. The summed E-state index contributed by atoms with van der Waals surface area (Å²) in [6, 6.07) is 7.52. The molecule has 52 heavy (non-hydrogen) atoms. The lowest BCUT2D eigenvalue weighted by Gasteiger charge is -2.52. The number of nitrogens with two attached hydrogens (primary N) is 1. The van der Waals surface area contributed by atoms with E-state index >= 15 is 0 Å². The number of pyridine rings is 1. The molecule has 3 aromatic rings. The maximum Gasteiger partial charge on any atom is 0.339 e. The third-order valence-corrected chi connectivity index (χ3v) is 13.7. The summed E-state index contributed by atoms with van der Waals surface area (Å²) in [5.41, 5.74) is 8.25. The Kier molecular flexibility index (Phi) is 10.2. The van der Waals surface area contributed by atoms with E-state index in [4.69, 9.17) is 19.6 Å². The zero-order chi connectivity index (χ0) is 36.8. The Morgan fingerprint density at radius 3 is 2.77 bits per heavy atom. The second-order valence-corrected chi connectivity index (χ2v) is 17.1. The molecule has 5 unspecified atom stereocenters. The van der Waals surface area contributed by atoms with Gasteiger partial charge in [-0.1, -0.05) is 39.3 Å². The number of nitrogen functional groups attached to an aromatic ring is 1. The van der Waals surface area contributed by atoms with Gasteiger partial charge in [0.15, 0.2) is 11.2 Å². The van der Waals surface area contributed by atoms with Crippen LogP contribution in [0.3, 0.4) is 0 Å². The van der Waals surface area contributed by atoms with Crippen LogP contribution < -0.4 is 16.1 Å². The van der Waals surface area contributed by atoms with E-state index < -0.39 is 28.7 Å². The first-order chi connectivity index (χ1) is 25.0. The molecular weight excluding hydrogens is 703 g/mol. The van der Waals surface area contributed by atoms with Crippen LogP contribution in [0.5, 0.6) is 5.75 Å². The lowest BCUT2D eigenvalue weighted by molar-refractivity contribution is -0.183. The highest BCUT2D eigenvalue weighted by Crippen LogP contribution is 2.58. The first-order valence-electron chi connectivity index (χ1n) is 17.8. The number of esters is 1. The van der Waals surface area contributed by atoms with E-state index in [0.717, 1.165) is 41.0 Å². The monoisotopic (exact) mass is 747 g/mol. The minimum Gasteiger partial charge on any atom is -0.481 e. The number of aliphatic hydroxyl groups excluding tert-OH is 2. The Morgan fingerprint density at radius 2 is 2.04 bits per heavy atom.